The summed E-state index contributed by atoms with van der Waals surface area (Å²) >= 11 is 0. The first-order valence-electron chi connectivity index (χ1n) is 13.1. The van der Waals surface area contributed by atoms with E-state index in [1.165, 1.54) is 23.0 Å². The van der Waals surface area contributed by atoms with Crippen molar-refractivity contribution in [3.05, 3.63) is 73.6 Å². The molecule has 19 heteroatoms. The molecule has 44 heavy (non-hydrogen) atoms. The molecule has 4 rings (SSSR count). The number of ether oxygens (including phenoxy) is 2. The number of nitro benzene ring substituents is 2. The zero-order valence-electron chi connectivity index (χ0n) is 23.7. The number of nitrogen functional groups attached to an aromatic ring is 1. The molecule has 0 atom stereocenters. The maximum atomic E-state index is 13.1. The zero-order valence-corrected chi connectivity index (χ0v) is 23.7. The summed E-state index contributed by atoms with van der Waals surface area (Å²) in [5.74, 6) is -0.483. The molecule has 2 aromatic carbocycles. The van der Waals surface area contributed by atoms with E-state index in [1.54, 1.807) is 13.0 Å². The van der Waals surface area contributed by atoms with Gasteiger partial charge >= 0.3 is 5.69 Å². The monoisotopic (exact) mass is 609 g/mol. The number of amides is 1. The van der Waals surface area contributed by atoms with Crippen molar-refractivity contribution in [2.75, 3.05) is 25.4 Å². The number of non-ortho nitro benzene ring substituents is 1. The van der Waals surface area contributed by atoms with Gasteiger partial charge in [-0.2, -0.15) is 9.78 Å². The summed E-state index contributed by atoms with van der Waals surface area (Å²) in [6.07, 6.45) is 1.34. The van der Waals surface area contributed by atoms with Crippen molar-refractivity contribution in [3.8, 4) is 23.1 Å². The summed E-state index contributed by atoms with van der Waals surface area (Å²) in [5.41, 5.74) is 8.05. The van der Waals surface area contributed by atoms with Gasteiger partial charge in [0.05, 0.1) is 34.4 Å². The smallest absolute Gasteiger partial charge is 0.318 e. The minimum Gasteiger partial charge on any atom is -0.490 e. The van der Waals surface area contributed by atoms with Gasteiger partial charge in [0.1, 0.15) is 0 Å². The number of hydrogen-bond donors (Lipinski definition) is 2. The zero-order chi connectivity index (χ0) is 31.8. The number of hydrogen-bond acceptors (Lipinski definition) is 15. The standard InChI is InChI=1S/C25H27N11O8/c1-4-33(5-2)14-18-22(28-32-34(18)24-23(26)30-44-31-24)25(37)29-27-13-15-7-9-20(21(11-15)42-6-3)43-19-10-8-16(35(38)39)12-17(19)36(40)41/h7-13H,4-6,14H2,1-3H3,(H2,26,30)(H,29,37). The Morgan fingerprint density at radius 3 is 2.48 bits per heavy atom. The van der Waals surface area contributed by atoms with Crippen LogP contribution in [0.2, 0.25) is 0 Å². The highest BCUT2D eigenvalue weighted by molar-refractivity contribution is 5.94. The number of nitrogens with zero attached hydrogens (tertiary/aromatic N) is 9. The highest BCUT2D eigenvalue weighted by Crippen LogP contribution is 2.38. The molecular weight excluding hydrogens is 582 g/mol. The van der Waals surface area contributed by atoms with E-state index in [9.17, 15) is 25.0 Å². The number of carbonyl (C=O) groups excluding carboxylic acids is 1. The van der Waals surface area contributed by atoms with Crippen LogP contribution < -0.4 is 20.6 Å². The van der Waals surface area contributed by atoms with Gasteiger partial charge in [0, 0.05) is 12.6 Å². The van der Waals surface area contributed by atoms with Crippen LogP contribution in [-0.2, 0) is 6.54 Å². The Kier molecular flexibility index (Phi) is 9.70. The average molecular weight is 610 g/mol. The van der Waals surface area contributed by atoms with Gasteiger partial charge in [0.2, 0.25) is 17.4 Å². The van der Waals surface area contributed by atoms with E-state index in [0.717, 1.165) is 18.2 Å². The Morgan fingerprint density at radius 1 is 1.09 bits per heavy atom. The number of aromatic nitrogens is 5. The number of rotatable bonds is 14. The lowest BCUT2D eigenvalue weighted by molar-refractivity contribution is -0.394. The highest BCUT2D eigenvalue weighted by atomic mass is 16.6. The molecule has 0 spiro atoms. The fourth-order valence-corrected chi connectivity index (χ4v) is 3.93. The number of anilines is 1. The topological polar surface area (TPSA) is 245 Å². The van der Waals surface area contributed by atoms with Gasteiger partial charge in [-0.25, -0.2) is 10.1 Å². The van der Waals surface area contributed by atoms with Gasteiger partial charge in [-0.3, -0.25) is 29.9 Å². The fraction of sp³-hybridized carbons (Fsp3) is 0.280. The van der Waals surface area contributed by atoms with Crippen molar-refractivity contribution < 1.29 is 28.7 Å². The Labute approximate surface area is 248 Å². The molecule has 0 unspecified atom stereocenters. The SMILES string of the molecule is CCOc1cc(C=NNC(=O)c2nnn(-c3nonc3N)c2CN(CC)CC)ccc1Oc1ccc([N+](=O)[O-])cc1[N+](=O)[O-]. The normalized spacial score (nSPS) is 11.2. The van der Waals surface area contributed by atoms with Crippen LogP contribution in [0.15, 0.2) is 46.1 Å². The molecular formula is C25H27N11O8. The highest BCUT2D eigenvalue weighted by Gasteiger charge is 2.25. The van der Waals surface area contributed by atoms with E-state index in [0.29, 0.717) is 30.9 Å². The molecule has 0 aliphatic carbocycles. The Bertz CT molecular complexity index is 1700. The van der Waals surface area contributed by atoms with Crippen LogP contribution in [0.25, 0.3) is 5.82 Å². The molecule has 0 aliphatic heterocycles. The fourth-order valence-electron chi connectivity index (χ4n) is 3.93. The van der Waals surface area contributed by atoms with Gasteiger partial charge in [0.25, 0.3) is 11.6 Å². The number of carbonyl (C=O) groups is 1. The van der Waals surface area contributed by atoms with Crippen LogP contribution in [0.5, 0.6) is 17.2 Å². The average Bonchev–Trinajstić information content (AvgIpc) is 3.62. The van der Waals surface area contributed by atoms with Gasteiger partial charge in [-0.1, -0.05) is 19.1 Å². The lowest BCUT2D eigenvalue weighted by atomic mass is 10.2. The van der Waals surface area contributed by atoms with Crippen molar-refractivity contribution in [2.24, 2.45) is 5.10 Å². The van der Waals surface area contributed by atoms with Crippen molar-refractivity contribution in [3.63, 3.8) is 0 Å². The van der Waals surface area contributed by atoms with Gasteiger partial charge in [-0.05, 0) is 60.2 Å². The van der Waals surface area contributed by atoms with E-state index in [4.69, 9.17) is 15.2 Å². The van der Waals surface area contributed by atoms with Gasteiger partial charge < -0.3 is 15.2 Å². The van der Waals surface area contributed by atoms with Crippen molar-refractivity contribution in [2.45, 2.75) is 27.3 Å². The molecule has 0 bridgehead atoms. The first-order valence-corrected chi connectivity index (χ1v) is 13.1. The van der Waals surface area contributed by atoms with E-state index in [-0.39, 0.29) is 41.2 Å². The molecule has 0 saturated carbocycles. The summed E-state index contributed by atoms with van der Waals surface area (Å²) in [4.78, 5) is 36.1. The maximum absolute atomic E-state index is 13.1. The molecule has 230 valence electrons. The Balaban J connectivity index is 1.55. The number of nitro groups is 2. The Morgan fingerprint density at radius 2 is 1.84 bits per heavy atom. The van der Waals surface area contributed by atoms with Crippen LogP contribution >= 0.6 is 0 Å². The van der Waals surface area contributed by atoms with Crippen LogP contribution in [0.1, 0.15) is 42.5 Å². The summed E-state index contributed by atoms with van der Waals surface area (Å²) < 4.78 is 17.3. The predicted octanol–water partition coefficient (Wildman–Crippen LogP) is 2.85. The van der Waals surface area contributed by atoms with Crippen molar-refractivity contribution in [1.82, 2.24) is 35.6 Å². The molecule has 0 fully saturated rings. The number of benzene rings is 2. The molecule has 4 aromatic rings. The molecule has 19 nitrogen and oxygen atoms in total. The van der Waals surface area contributed by atoms with E-state index >= 15 is 0 Å². The minimum atomic E-state index is -0.782. The van der Waals surface area contributed by atoms with E-state index in [1.807, 2.05) is 18.7 Å². The second kappa shape index (κ2) is 13.8. The second-order valence-corrected chi connectivity index (χ2v) is 8.84. The second-order valence-electron chi connectivity index (χ2n) is 8.84. The molecule has 0 aliphatic rings. The first kappa shape index (κ1) is 31.0. The minimum absolute atomic E-state index is 0.0140. The molecule has 0 saturated heterocycles. The molecule has 2 heterocycles. The van der Waals surface area contributed by atoms with Crippen molar-refractivity contribution >= 4 is 29.3 Å². The van der Waals surface area contributed by atoms with Crippen LogP contribution in [0.4, 0.5) is 17.2 Å². The quantitative estimate of drug-likeness (QED) is 0.119. The largest absolute Gasteiger partial charge is 0.490 e. The van der Waals surface area contributed by atoms with Crippen LogP contribution in [0, 0.1) is 20.2 Å². The Hall–Kier alpha value is -5.98. The number of nitrogens with two attached hydrogens (primary N) is 1. The first-order chi connectivity index (χ1) is 21.2. The summed E-state index contributed by atoms with van der Waals surface area (Å²) in [6, 6.07) is 7.61. The maximum Gasteiger partial charge on any atom is 0.318 e. The molecule has 2 aromatic heterocycles. The number of hydrazone groups is 1. The third kappa shape index (κ3) is 6.90. The van der Waals surface area contributed by atoms with Crippen LogP contribution in [-0.4, -0.2) is 71.9 Å². The predicted molar refractivity (Wildman–Crippen MR) is 153 cm³/mol. The molecule has 3 N–H and O–H groups in total. The lowest BCUT2D eigenvalue weighted by Gasteiger charge is -2.18. The van der Waals surface area contributed by atoms with E-state index in [2.05, 4.69) is 35.8 Å². The van der Waals surface area contributed by atoms with E-state index < -0.39 is 27.1 Å². The third-order valence-electron chi connectivity index (χ3n) is 6.16. The summed E-state index contributed by atoms with van der Waals surface area (Å²) in [7, 11) is 0. The molecule has 1 amide bonds. The number of nitrogens with one attached hydrogen (secondary N) is 1. The summed E-state index contributed by atoms with van der Waals surface area (Å²) in [5, 5.41) is 41.9. The third-order valence-corrected chi connectivity index (χ3v) is 6.16. The van der Waals surface area contributed by atoms with Crippen LogP contribution in [0.3, 0.4) is 0 Å². The van der Waals surface area contributed by atoms with Gasteiger partial charge in [-0.15, -0.1) is 5.10 Å². The molecule has 0 radical (unpaired) electrons. The lowest BCUT2D eigenvalue weighted by Crippen LogP contribution is -2.27. The van der Waals surface area contributed by atoms with Crippen molar-refractivity contribution in [1.29, 1.82) is 0 Å². The van der Waals surface area contributed by atoms with Gasteiger partial charge in [0.15, 0.2) is 17.2 Å². The summed E-state index contributed by atoms with van der Waals surface area (Å²) in [6.45, 7) is 7.56.